The molecule has 3 aromatic rings. The molecule has 3 heteroatoms. The van der Waals surface area contributed by atoms with E-state index in [1.54, 1.807) is 10.8 Å². The standard InChI is InChI=1S/C21H21FN2/c1-15-13-18(14-17-9-5-6-10-19(15)17)20(16-7-3-2-4-8-16)24-12-11-23-21(24)22/h2-4,7-8,11-14,20H,5-6,9-10H2,1H3. The number of halogens is 1. The molecule has 24 heavy (non-hydrogen) atoms. The number of imidazole rings is 1. The Morgan fingerprint density at radius 2 is 1.83 bits per heavy atom. The third-order valence-electron chi connectivity index (χ3n) is 5.04. The summed E-state index contributed by atoms with van der Waals surface area (Å²) >= 11 is 0. The topological polar surface area (TPSA) is 17.8 Å². The SMILES string of the molecule is Cc1cc(C(c2ccccc2)n2ccnc2F)cc2c1CCCC2. The molecule has 0 aliphatic heterocycles. The first-order chi connectivity index (χ1) is 11.7. The molecular formula is C21H21FN2. The molecule has 0 N–H and O–H groups in total. The van der Waals surface area contributed by atoms with Gasteiger partial charge in [0.25, 0.3) is 6.08 Å². The van der Waals surface area contributed by atoms with Gasteiger partial charge in [0.2, 0.25) is 0 Å². The summed E-state index contributed by atoms with van der Waals surface area (Å²) in [6, 6.07) is 14.4. The fourth-order valence-electron chi connectivity index (χ4n) is 3.91. The third-order valence-corrected chi connectivity index (χ3v) is 5.04. The lowest BCUT2D eigenvalue weighted by Gasteiger charge is -2.25. The summed E-state index contributed by atoms with van der Waals surface area (Å²) in [6.45, 7) is 2.18. The van der Waals surface area contributed by atoms with Gasteiger partial charge < -0.3 is 0 Å². The Morgan fingerprint density at radius 1 is 1.04 bits per heavy atom. The average Bonchev–Trinajstić information content (AvgIpc) is 3.02. The number of benzene rings is 2. The van der Waals surface area contributed by atoms with Gasteiger partial charge in [0, 0.05) is 12.4 Å². The fourth-order valence-corrected chi connectivity index (χ4v) is 3.91. The minimum Gasteiger partial charge on any atom is -0.296 e. The van der Waals surface area contributed by atoms with E-state index in [1.807, 2.05) is 18.2 Å². The number of hydrogen-bond acceptors (Lipinski definition) is 1. The Hall–Kier alpha value is -2.42. The first kappa shape index (κ1) is 15.1. The molecule has 1 aromatic heterocycles. The zero-order valence-electron chi connectivity index (χ0n) is 13.9. The lowest BCUT2D eigenvalue weighted by Crippen LogP contribution is -2.16. The minimum absolute atomic E-state index is 0.181. The predicted molar refractivity (Wildman–Crippen MR) is 93.7 cm³/mol. The van der Waals surface area contributed by atoms with E-state index >= 15 is 0 Å². The number of rotatable bonds is 3. The van der Waals surface area contributed by atoms with Gasteiger partial charge in [-0.25, -0.2) is 4.98 Å². The molecule has 1 aliphatic carbocycles. The largest absolute Gasteiger partial charge is 0.296 e. The summed E-state index contributed by atoms with van der Waals surface area (Å²) in [4.78, 5) is 3.79. The highest BCUT2D eigenvalue weighted by molar-refractivity contribution is 5.44. The normalized spacial score (nSPS) is 15.1. The van der Waals surface area contributed by atoms with Gasteiger partial charge in [-0.15, -0.1) is 0 Å². The van der Waals surface area contributed by atoms with Gasteiger partial charge in [-0.1, -0.05) is 42.5 Å². The number of aryl methyl sites for hydroxylation is 2. The van der Waals surface area contributed by atoms with Crippen molar-refractivity contribution in [2.24, 2.45) is 0 Å². The number of nitrogens with zero attached hydrogens (tertiary/aromatic N) is 2. The second-order valence-corrected chi connectivity index (χ2v) is 6.60. The van der Waals surface area contributed by atoms with Crippen molar-refractivity contribution in [3.05, 3.63) is 88.8 Å². The highest BCUT2D eigenvalue weighted by Gasteiger charge is 2.22. The average molecular weight is 320 g/mol. The molecule has 0 bridgehead atoms. The summed E-state index contributed by atoms with van der Waals surface area (Å²) in [6.07, 6.45) is 7.60. The summed E-state index contributed by atoms with van der Waals surface area (Å²) in [5, 5.41) is 0. The van der Waals surface area contributed by atoms with Crippen LogP contribution in [0.5, 0.6) is 0 Å². The zero-order chi connectivity index (χ0) is 16.5. The Kier molecular flexibility index (Phi) is 3.93. The lowest BCUT2D eigenvalue weighted by atomic mass is 9.85. The van der Waals surface area contributed by atoms with E-state index in [4.69, 9.17) is 0 Å². The first-order valence-corrected chi connectivity index (χ1v) is 8.59. The predicted octanol–water partition coefficient (Wildman–Crippen LogP) is 4.85. The molecule has 0 radical (unpaired) electrons. The summed E-state index contributed by atoms with van der Waals surface area (Å²) in [5.74, 6) is 0. The van der Waals surface area contributed by atoms with E-state index in [0.717, 1.165) is 24.0 Å². The van der Waals surface area contributed by atoms with Crippen LogP contribution in [-0.2, 0) is 12.8 Å². The van der Waals surface area contributed by atoms with Crippen LogP contribution < -0.4 is 0 Å². The first-order valence-electron chi connectivity index (χ1n) is 8.59. The van der Waals surface area contributed by atoms with Crippen LogP contribution in [-0.4, -0.2) is 9.55 Å². The van der Waals surface area contributed by atoms with Crippen LogP contribution in [0.4, 0.5) is 4.39 Å². The molecule has 1 heterocycles. The van der Waals surface area contributed by atoms with Gasteiger partial charge in [0.05, 0.1) is 6.04 Å². The van der Waals surface area contributed by atoms with Crippen LogP contribution in [0.15, 0.2) is 54.9 Å². The summed E-state index contributed by atoms with van der Waals surface area (Å²) < 4.78 is 15.9. The molecule has 4 rings (SSSR count). The highest BCUT2D eigenvalue weighted by atomic mass is 19.1. The summed E-state index contributed by atoms with van der Waals surface area (Å²) in [5.41, 5.74) is 6.45. The van der Waals surface area contributed by atoms with Crippen LogP contribution in [0, 0.1) is 13.0 Å². The zero-order valence-corrected chi connectivity index (χ0v) is 13.9. The van der Waals surface area contributed by atoms with Crippen LogP contribution in [0.2, 0.25) is 0 Å². The Morgan fingerprint density at radius 3 is 2.58 bits per heavy atom. The van der Waals surface area contributed by atoms with Crippen molar-refractivity contribution >= 4 is 0 Å². The lowest BCUT2D eigenvalue weighted by molar-refractivity contribution is 0.458. The van der Waals surface area contributed by atoms with Crippen molar-refractivity contribution in [2.45, 2.75) is 38.6 Å². The second kappa shape index (κ2) is 6.23. The maximum atomic E-state index is 14.3. The van der Waals surface area contributed by atoms with Crippen LogP contribution >= 0.6 is 0 Å². The smallest absolute Gasteiger partial charge is 0.289 e. The van der Waals surface area contributed by atoms with Crippen LogP contribution in [0.25, 0.3) is 0 Å². The molecule has 1 aliphatic rings. The van der Waals surface area contributed by atoms with E-state index in [1.165, 1.54) is 35.7 Å². The third kappa shape index (κ3) is 2.64. The van der Waals surface area contributed by atoms with Crippen LogP contribution in [0.1, 0.15) is 46.7 Å². The number of fused-ring (bicyclic) bond motifs is 1. The van der Waals surface area contributed by atoms with Gasteiger partial charge in [0.1, 0.15) is 0 Å². The van der Waals surface area contributed by atoms with E-state index in [9.17, 15) is 4.39 Å². The Labute approximate surface area is 142 Å². The molecular weight excluding hydrogens is 299 g/mol. The molecule has 0 saturated carbocycles. The van der Waals surface area contributed by atoms with E-state index in [0.29, 0.717) is 0 Å². The quantitative estimate of drug-likeness (QED) is 0.675. The fraction of sp³-hybridized carbons (Fsp3) is 0.286. The van der Waals surface area contributed by atoms with Crippen molar-refractivity contribution in [2.75, 3.05) is 0 Å². The van der Waals surface area contributed by atoms with E-state index in [2.05, 4.69) is 36.2 Å². The van der Waals surface area contributed by atoms with Gasteiger partial charge in [-0.2, -0.15) is 4.39 Å². The molecule has 1 atom stereocenters. The maximum absolute atomic E-state index is 14.3. The Bertz CT molecular complexity index is 852. The molecule has 0 fully saturated rings. The molecule has 0 amide bonds. The van der Waals surface area contributed by atoms with E-state index < -0.39 is 6.08 Å². The minimum atomic E-state index is -0.445. The highest BCUT2D eigenvalue weighted by Crippen LogP contribution is 2.33. The van der Waals surface area contributed by atoms with Gasteiger partial charge in [-0.05, 0) is 60.4 Å². The Balaban J connectivity index is 1.88. The van der Waals surface area contributed by atoms with E-state index in [-0.39, 0.29) is 6.04 Å². The van der Waals surface area contributed by atoms with Gasteiger partial charge in [0.15, 0.2) is 0 Å². The number of aromatic nitrogens is 2. The van der Waals surface area contributed by atoms with Crippen molar-refractivity contribution in [3.63, 3.8) is 0 Å². The van der Waals surface area contributed by atoms with Crippen LogP contribution in [0.3, 0.4) is 0 Å². The van der Waals surface area contributed by atoms with Gasteiger partial charge >= 0.3 is 0 Å². The molecule has 1 unspecified atom stereocenters. The summed E-state index contributed by atoms with van der Waals surface area (Å²) in [7, 11) is 0. The molecule has 122 valence electrons. The monoisotopic (exact) mass is 320 g/mol. The maximum Gasteiger partial charge on any atom is 0.289 e. The van der Waals surface area contributed by atoms with Crippen molar-refractivity contribution in [1.29, 1.82) is 0 Å². The van der Waals surface area contributed by atoms with Gasteiger partial charge in [-0.3, -0.25) is 4.57 Å². The second-order valence-electron chi connectivity index (χ2n) is 6.60. The molecule has 0 spiro atoms. The molecule has 2 aromatic carbocycles. The number of hydrogen-bond donors (Lipinski definition) is 0. The molecule has 2 nitrogen and oxygen atoms in total. The van der Waals surface area contributed by atoms with Crippen molar-refractivity contribution in [1.82, 2.24) is 9.55 Å². The molecule has 0 saturated heterocycles. The van der Waals surface area contributed by atoms with Crippen molar-refractivity contribution in [3.8, 4) is 0 Å². The van der Waals surface area contributed by atoms with Crippen molar-refractivity contribution < 1.29 is 4.39 Å².